The third kappa shape index (κ3) is 4.48. The normalized spacial score (nSPS) is 11.7. The molecule has 1 unspecified atom stereocenters. The third-order valence-corrected chi connectivity index (χ3v) is 3.28. The summed E-state index contributed by atoms with van der Waals surface area (Å²) in [6, 6.07) is 9.54. The fourth-order valence-electron chi connectivity index (χ4n) is 2.04. The highest BCUT2D eigenvalue weighted by molar-refractivity contribution is 5.74. The molecule has 0 saturated heterocycles. The van der Waals surface area contributed by atoms with Crippen molar-refractivity contribution < 1.29 is 9.21 Å². The number of aromatic nitrogens is 1. The Morgan fingerprint density at radius 1 is 1.41 bits per heavy atom. The van der Waals surface area contributed by atoms with Gasteiger partial charge in [-0.25, -0.2) is 9.78 Å². The lowest BCUT2D eigenvalue weighted by atomic mass is 10.1. The number of carbonyl (C=O) groups excluding carboxylic acids is 1. The molecule has 1 heterocycles. The molecule has 1 atom stereocenters. The van der Waals surface area contributed by atoms with Crippen LogP contribution in [0.25, 0.3) is 11.5 Å². The molecule has 0 bridgehead atoms. The first-order valence-electron chi connectivity index (χ1n) is 7.38. The molecular formula is C17H21N3O2. The minimum Gasteiger partial charge on any atom is -0.444 e. The van der Waals surface area contributed by atoms with Crippen LogP contribution in [-0.4, -0.2) is 17.1 Å². The zero-order chi connectivity index (χ0) is 15.8. The van der Waals surface area contributed by atoms with Crippen LogP contribution in [0.2, 0.25) is 0 Å². The van der Waals surface area contributed by atoms with Gasteiger partial charge in [-0.05, 0) is 25.0 Å². The molecule has 0 aliphatic carbocycles. The molecule has 2 N–H and O–H groups in total. The van der Waals surface area contributed by atoms with E-state index in [9.17, 15) is 4.79 Å². The smallest absolute Gasteiger partial charge is 0.315 e. The Labute approximate surface area is 130 Å². The summed E-state index contributed by atoms with van der Waals surface area (Å²) in [5, 5.41) is 5.68. The highest BCUT2D eigenvalue weighted by Gasteiger charge is 2.10. The van der Waals surface area contributed by atoms with Gasteiger partial charge < -0.3 is 15.1 Å². The van der Waals surface area contributed by atoms with E-state index in [1.165, 1.54) is 0 Å². The van der Waals surface area contributed by atoms with Crippen LogP contribution >= 0.6 is 0 Å². The number of amides is 2. The van der Waals surface area contributed by atoms with E-state index in [1.807, 2.05) is 37.3 Å². The van der Waals surface area contributed by atoms with Crippen molar-refractivity contribution >= 4 is 6.03 Å². The second kappa shape index (κ2) is 8.02. The number of carbonyl (C=O) groups is 1. The van der Waals surface area contributed by atoms with Crippen molar-refractivity contribution in [1.29, 1.82) is 0 Å². The molecule has 0 saturated carbocycles. The lowest BCUT2D eigenvalue weighted by Gasteiger charge is -2.15. The maximum Gasteiger partial charge on any atom is 0.315 e. The molecule has 2 amide bonds. The van der Waals surface area contributed by atoms with E-state index in [0.29, 0.717) is 18.1 Å². The van der Waals surface area contributed by atoms with Crippen molar-refractivity contribution in [2.24, 2.45) is 0 Å². The molecule has 0 radical (unpaired) electrons. The number of rotatable bonds is 7. The Bertz CT molecular complexity index is 607. The topological polar surface area (TPSA) is 67.2 Å². The van der Waals surface area contributed by atoms with E-state index in [4.69, 9.17) is 4.42 Å². The Kier molecular flexibility index (Phi) is 5.77. The molecule has 2 aromatic rings. The molecule has 22 heavy (non-hydrogen) atoms. The maximum atomic E-state index is 11.8. The highest BCUT2D eigenvalue weighted by Crippen LogP contribution is 2.17. The van der Waals surface area contributed by atoms with Crippen LogP contribution in [0.5, 0.6) is 0 Å². The summed E-state index contributed by atoms with van der Waals surface area (Å²) in [7, 11) is 0. The number of urea groups is 1. The van der Waals surface area contributed by atoms with Crippen molar-refractivity contribution in [3.8, 4) is 11.5 Å². The van der Waals surface area contributed by atoms with Crippen LogP contribution in [0.3, 0.4) is 0 Å². The van der Waals surface area contributed by atoms with Gasteiger partial charge in [0.05, 0.1) is 12.2 Å². The number of nitrogens with one attached hydrogen (secondary N) is 2. The van der Waals surface area contributed by atoms with Crippen molar-refractivity contribution in [3.05, 3.63) is 54.9 Å². The van der Waals surface area contributed by atoms with Gasteiger partial charge in [0, 0.05) is 11.6 Å². The summed E-state index contributed by atoms with van der Waals surface area (Å²) in [6.07, 6.45) is 4.98. The van der Waals surface area contributed by atoms with Gasteiger partial charge in [0.15, 0.2) is 0 Å². The van der Waals surface area contributed by atoms with Crippen LogP contribution in [0.1, 0.15) is 25.5 Å². The minimum absolute atomic E-state index is 0.106. The molecule has 1 aromatic heterocycles. The van der Waals surface area contributed by atoms with E-state index in [1.54, 1.807) is 12.3 Å². The molecular weight excluding hydrogens is 278 g/mol. The summed E-state index contributed by atoms with van der Waals surface area (Å²) < 4.78 is 5.43. The minimum atomic E-state index is -0.210. The lowest BCUT2D eigenvalue weighted by molar-refractivity contribution is 0.236. The number of nitrogens with zero attached hydrogens (tertiary/aromatic N) is 1. The fraction of sp³-hybridized carbons (Fsp3) is 0.294. The Hall–Kier alpha value is -2.56. The largest absolute Gasteiger partial charge is 0.444 e. The standard InChI is InChI=1S/C17H21N3O2/c1-3-8-14(4-2)20-17(21)18-11-15-12-22-16(19-15)13-9-6-5-7-10-13/h3,5-7,9-10,12,14H,1,4,8,11H2,2H3,(H2,18,20,21). The van der Waals surface area contributed by atoms with E-state index < -0.39 is 0 Å². The van der Waals surface area contributed by atoms with E-state index in [-0.39, 0.29) is 12.1 Å². The van der Waals surface area contributed by atoms with E-state index >= 15 is 0 Å². The number of benzene rings is 1. The van der Waals surface area contributed by atoms with Gasteiger partial charge in [-0.3, -0.25) is 0 Å². The second-order valence-electron chi connectivity index (χ2n) is 4.97. The van der Waals surface area contributed by atoms with E-state index in [2.05, 4.69) is 22.2 Å². The summed E-state index contributed by atoms with van der Waals surface area (Å²) in [5.74, 6) is 0.552. The number of oxazole rings is 1. The van der Waals surface area contributed by atoms with Crippen LogP contribution in [0.15, 0.2) is 53.7 Å². The first-order chi connectivity index (χ1) is 10.7. The van der Waals surface area contributed by atoms with Crippen LogP contribution < -0.4 is 10.6 Å². The van der Waals surface area contributed by atoms with Gasteiger partial charge in [0.1, 0.15) is 6.26 Å². The van der Waals surface area contributed by atoms with Crippen molar-refractivity contribution in [1.82, 2.24) is 15.6 Å². The van der Waals surface area contributed by atoms with Crippen LogP contribution in [0, 0.1) is 0 Å². The third-order valence-electron chi connectivity index (χ3n) is 3.28. The number of hydrogen-bond acceptors (Lipinski definition) is 3. The molecule has 0 aliphatic rings. The average Bonchev–Trinajstić information content (AvgIpc) is 3.02. The summed E-state index contributed by atoms with van der Waals surface area (Å²) >= 11 is 0. The second-order valence-corrected chi connectivity index (χ2v) is 4.97. The molecule has 5 heteroatoms. The first-order valence-corrected chi connectivity index (χ1v) is 7.38. The summed E-state index contributed by atoms with van der Waals surface area (Å²) in [5.41, 5.74) is 1.60. The van der Waals surface area contributed by atoms with Crippen LogP contribution in [-0.2, 0) is 6.54 Å². The predicted molar refractivity (Wildman–Crippen MR) is 86.2 cm³/mol. The predicted octanol–water partition coefficient (Wildman–Crippen LogP) is 3.50. The molecule has 5 nitrogen and oxygen atoms in total. The fourth-order valence-corrected chi connectivity index (χ4v) is 2.04. The average molecular weight is 299 g/mol. The van der Waals surface area contributed by atoms with Crippen molar-refractivity contribution in [3.63, 3.8) is 0 Å². The van der Waals surface area contributed by atoms with Gasteiger partial charge in [-0.15, -0.1) is 6.58 Å². The molecule has 2 rings (SSSR count). The van der Waals surface area contributed by atoms with Gasteiger partial charge in [-0.1, -0.05) is 31.2 Å². The molecule has 0 aliphatic heterocycles. The zero-order valence-electron chi connectivity index (χ0n) is 12.7. The van der Waals surface area contributed by atoms with Crippen molar-refractivity contribution in [2.45, 2.75) is 32.4 Å². The molecule has 1 aromatic carbocycles. The Morgan fingerprint density at radius 2 is 2.18 bits per heavy atom. The highest BCUT2D eigenvalue weighted by atomic mass is 16.3. The molecule has 116 valence electrons. The van der Waals surface area contributed by atoms with Crippen LogP contribution in [0.4, 0.5) is 4.79 Å². The summed E-state index contributed by atoms with van der Waals surface area (Å²) in [6.45, 7) is 6.04. The first kappa shape index (κ1) is 15.8. The molecule has 0 fully saturated rings. The van der Waals surface area contributed by atoms with Gasteiger partial charge in [-0.2, -0.15) is 0 Å². The maximum absolute atomic E-state index is 11.8. The van der Waals surface area contributed by atoms with Crippen molar-refractivity contribution in [2.75, 3.05) is 0 Å². The summed E-state index contributed by atoms with van der Waals surface area (Å²) in [4.78, 5) is 16.2. The monoisotopic (exact) mass is 299 g/mol. The number of hydrogen-bond donors (Lipinski definition) is 2. The Balaban J connectivity index is 1.86. The Morgan fingerprint density at radius 3 is 2.86 bits per heavy atom. The quantitative estimate of drug-likeness (QED) is 0.769. The van der Waals surface area contributed by atoms with Gasteiger partial charge in [0.2, 0.25) is 5.89 Å². The van der Waals surface area contributed by atoms with E-state index in [0.717, 1.165) is 18.4 Å². The lowest BCUT2D eigenvalue weighted by Crippen LogP contribution is -2.41. The SMILES string of the molecule is C=CCC(CC)NC(=O)NCc1coc(-c2ccccc2)n1. The van der Waals surface area contributed by atoms with Gasteiger partial charge >= 0.3 is 6.03 Å². The van der Waals surface area contributed by atoms with Gasteiger partial charge in [0.25, 0.3) is 0 Å². The molecule has 0 spiro atoms. The zero-order valence-corrected chi connectivity index (χ0v) is 12.7.